The first-order valence-corrected chi connectivity index (χ1v) is 16.2. The number of ketones is 2. The number of carbonyl (C=O) groups is 5. The van der Waals surface area contributed by atoms with Crippen LogP contribution in [-0.2, 0) is 13.8 Å². The van der Waals surface area contributed by atoms with Gasteiger partial charge in [-0.05, 0) is 75.0 Å². The van der Waals surface area contributed by atoms with E-state index >= 15 is 0 Å². The molecule has 218 valence electrons. The number of hydrogen-bond acceptors (Lipinski definition) is 12. The Hall–Kier alpha value is -2.03. The summed E-state index contributed by atoms with van der Waals surface area (Å²) < 4.78 is 44.7. The summed E-state index contributed by atoms with van der Waals surface area (Å²) in [5, 5.41) is 9.00. The molecule has 0 aliphatic rings. The molecule has 4 atom stereocenters. The summed E-state index contributed by atoms with van der Waals surface area (Å²) in [4.78, 5) is 64.3. The molecule has 0 spiro atoms. The Morgan fingerprint density at radius 2 is 1.24 bits per heavy atom. The number of rotatable bonds is 11. The maximum atomic E-state index is 12.7. The van der Waals surface area contributed by atoms with Crippen LogP contribution in [0.15, 0.2) is 41.7 Å². The van der Waals surface area contributed by atoms with Gasteiger partial charge in [-0.2, -0.15) is 8.39 Å². The van der Waals surface area contributed by atoms with Crippen molar-refractivity contribution < 1.29 is 80.4 Å². The molecule has 0 radical (unpaired) electrons. The van der Waals surface area contributed by atoms with Gasteiger partial charge in [0.05, 0.1) is 13.2 Å². The molecule has 0 aliphatic carbocycles. The molecule has 0 aromatic heterocycles. The van der Waals surface area contributed by atoms with Crippen molar-refractivity contribution in [3.8, 4) is 11.5 Å². The Bertz CT molecular complexity index is 1210. The van der Waals surface area contributed by atoms with E-state index in [0.29, 0.717) is 12.2 Å². The van der Waals surface area contributed by atoms with Crippen LogP contribution < -0.4 is 39.0 Å². The van der Waals surface area contributed by atoms with Crippen molar-refractivity contribution in [2.75, 3.05) is 13.2 Å². The summed E-state index contributed by atoms with van der Waals surface area (Å²) in [7, 11) is -1.34. The molecule has 0 aliphatic heterocycles. The van der Waals surface area contributed by atoms with E-state index < -0.39 is 34.0 Å². The number of Topliss-reactive ketones (excluding diaryl/α,β-unsaturated/α-hetero) is 2. The third-order valence-corrected chi connectivity index (χ3v) is 5.45. The van der Waals surface area contributed by atoms with Gasteiger partial charge >= 0.3 is 41.5 Å². The molecule has 0 N–H and O–H groups in total. The van der Waals surface area contributed by atoms with Gasteiger partial charge in [-0.15, -0.1) is 5.34 Å². The minimum atomic E-state index is -2.46. The first-order chi connectivity index (χ1) is 18.9. The van der Waals surface area contributed by atoms with Crippen LogP contribution in [0.25, 0.3) is 0 Å². The SMILES string of the molecule is CCOc1ccc(C(=O)C=O)cc1C(=O)OP(F)P.CCOc1ccc(C(C)=O)cc1C(=O)OP(F)P.O=N[O-].[Na+]. The quantitative estimate of drug-likeness (QED) is 0.0655. The molecule has 0 bridgehead atoms. The zero-order valence-electron chi connectivity index (χ0n) is 22.2. The predicted octanol–water partition coefficient (Wildman–Crippen LogP) is 3.47. The largest absolute Gasteiger partial charge is 1.00 e. The molecule has 0 saturated heterocycles. The van der Waals surface area contributed by atoms with Crippen LogP contribution in [0.2, 0.25) is 0 Å². The number of ether oxygens (including phenoxy) is 2. The first kappa shape index (κ1) is 41.1. The fraction of sp³-hybridized carbons (Fsp3) is 0.227. The molecule has 2 aromatic rings. The molecule has 12 nitrogen and oxygen atoms in total. The van der Waals surface area contributed by atoms with Crippen LogP contribution in [0.3, 0.4) is 0 Å². The smallest absolute Gasteiger partial charge is 0.493 e. The van der Waals surface area contributed by atoms with Gasteiger partial charge in [0, 0.05) is 11.1 Å². The second kappa shape index (κ2) is 22.6. The van der Waals surface area contributed by atoms with Crippen LogP contribution in [-0.4, -0.2) is 43.0 Å². The Kier molecular flexibility index (Phi) is 22.6. The van der Waals surface area contributed by atoms with Gasteiger partial charge in [0.2, 0.25) is 5.78 Å². The number of benzene rings is 2. The van der Waals surface area contributed by atoms with E-state index in [1.807, 2.05) is 0 Å². The molecular weight excluding hydrogens is 639 g/mol. The molecule has 4 unspecified atom stereocenters. The predicted molar refractivity (Wildman–Crippen MR) is 151 cm³/mol. The Balaban J connectivity index is 0. The summed E-state index contributed by atoms with van der Waals surface area (Å²) in [6.07, 6.45) is 0.127. The van der Waals surface area contributed by atoms with Crippen LogP contribution in [0.4, 0.5) is 8.39 Å². The van der Waals surface area contributed by atoms with E-state index in [4.69, 9.17) is 19.6 Å². The zero-order chi connectivity index (χ0) is 30.8. The summed E-state index contributed by atoms with van der Waals surface area (Å²) in [6, 6.07) is 8.24. The summed E-state index contributed by atoms with van der Waals surface area (Å²) in [5.41, 5.74) is 0.314. The van der Waals surface area contributed by atoms with Crippen molar-refractivity contribution in [2.24, 2.45) is 5.34 Å². The standard InChI is InChI=1S/C11H11FO5P2.C11H13FO4P2.HNO2.Na/c1-2-16-10-4-3-7(9(14)6-13)5-8(10)11(15)17-19(12)18;1-3-15-10-5-4-8(7(2)13)6-9(10)11(14)16-18(12)17;2-1-3;/h3-6H,2,18H2,1H3;4-6H,3,17H2,1-2H3;(H,2,3);/q;;;+1/p-1. The average Bonchev–Trinajstić information content (AvgIpc) is 2.89. The number of nitrogens with zero attached hydrogens (tertiary/aromatic N) is 1. The maximum absolute atomic E-state index is 12.7. The second-order valence-electron chi connectivity index (χ2n) is 6.70. The van der Waals surface area contributed by atoms with E-state index in [2.05, 4.69) is 9.05 Å². The van der Waals surface area contributed by atoms with Gasteiger partial charge in [-0.25, -0.2) is 9.59 Å². The molecule has 0 fully saturated rings. The van der Waals surface area contributed by atoms with E-state index in [1.165, 1.54) is 31.2 Å². The minimum Gasteiger partial charge on any atom is -0.493 e. The monoisotopic (exact) mass is 663 g/mol. The molecule has 41 heavy (non-hydrogen) atoms. The van der Waals surface area contributed by atoms with Gasteiger partial charge < -0.3 is 28.6 Å². The molecule has 2 aromatic carbocycles. The van der Waals surface area contributed by atoms with Crippen LogP contribution in [0, 0.1) is 10.1 Å². The number of halogens is 2. The summed E-state index contributed by atoms with van der Waals surface area (Å²) in [6.45, 7) is 5.48. The Morgan fingerprint density at radius 3 is 1.56 bits per heavy atom. The minimum absolute atomic E-state index is 0. The normalized spacial score (nSPS) is 10.8. The average molecular weight is 663 g/mol. The molecule has 2 rings (SSSR count). The van der Waals surface area contributed by atoms with Crippen molar-refractivity contribution in [2.45, 2.75) is 20.8 Å². The van der Waals surface area contributed by atoms with E-state index in [9.17, 15) is 32.4 Å². The van der Waals surface area contributed by atoms with Crippen molar-refractivity contribution in [3.05, 3.63) is 68.8 Å². The van der Waals surface area contributed by atoms with E-state index in [-0.39, 0.29) is 76.4 Å². The van der Waals surface area contributed by atoms with Gasteiger partial charge in [0.1, 0.15) is 22.6 Å². The molecule has 0 amide bonds. The van der Waals surface area contributed by atoms with Crippen LogP contribution in [0.1, 0.15) is 62.2 Å². The molecule has 0 saturated carbocycles. The van der Waals surface area contributed by atoms with Crippen molar-refractivity contribution >= 4 is 63.9 Å². The molecule has 19 heteroatoms. The first-order valence-electron chi connectivity index (χ1n) is 10.7. The second-order valence-corrected chi connectivity index (χ2v) is 10.6. The Labute approximate surface area is 262 Å². The number of carbonyl (C=O) groups excluding carboxylic acids is 5. The Morgan fingerprint density at radius 1 is 0.878 bits per heavy atom. The van der Waals surface area contributed by atoms with E-state index in [0.717, 1.165) is 11.4 Å². The third-order valence-electron chi connectivity index (χ3n) is 4.14. The fourth-order valence-electron chi connectivity index (χ4n) is 2.64. The van der Waals surface area contributed by atoms with E-state index in [1.54, 1.807) is 37.8 Å². The zero-order valence-corrected chi connectivity index (χ0v) is 28.3. The number of aldehydes is 1. The summed E-state index contributed by atoms with van der Waals surface area (Å²) in [5.74, 6) is -2.34. The van der Waals surface area contributed by atoms with Crippen molar-refractivity contribution in [1.82, 2.24) is 0 Å². The maximum Gasteiger partial charge on any atom is 1.00 e. The van der Waals surface area contributed by atoms with Gasteiger partial charge in [0.25, 0.3) is 16.3 Å². The third kappa shape index (κ3) is 15.7. The topological polar surface area (TPSA) is 175 Å². The van der Waals surface area contributed by atoms with Crippen LogP contribution >= 0.6 is 34.2 Å². The fourth-order valence-corrected chi connectivity index (χ4v) is 3.73. The summed E-state index contributed by atoms with van der Waals surface area (Å²) >= 11 is 0. The van der Waals surface area contributed by atoms with Crippen molar-refractivity contribution in [1.29, 1.82) is 0 Å². The van der Waals surface area contributed by atoms with Crippen LogP contribution in [0.5, 0.6) is 11.5 Å². The van der Waals surface area contributed by atoms with Gasteiger partial charge in [0.15, 0.2) is 12.1 Å². The molecular formula is C22H24F2NNaO11P4. The molecule has 0 heterocycles. The van der Waals surface area contributed by atoms with Gasteiger partial charge in [-0.1, -0.05) is 0 Å². The van der Waals surface area contributed by atoms with Crippen molar-refractivity contribution in [3.63, 3.8) is 0 Å². The number of hydrogen-bond donors (Lipinski definition) is 0. The van der Waals surface area contributed by atoms with Gasteiger partial charge in [-0.3, -0.25) is 14.4 Å².